The molecule has 0 aliphatic rings. The lowest BCUT2D eigenvalue weighted by Crippen LogP contribution is -2.10. The normalized spacial score (nSPS) is 9.31. The van der Waals surface area contributed by atoms with Crippen molar-refractivity contribution in [2.24, 2.45) is 0 Å². The molecule has 0 bridgehead atoms. The number of ether oxygens (including phenoxy) is 2. The Kier molecular flexibility index (Phi) is 3.08. The van der Waals surface area contributed by atoms with E-state index in [1.807, 2.05) is 0 Å². The molecule has 5 heteroatoms. The quantitative estimate of drug-likeness (QED) is 0.738. The monoisotopic (exact) mass is 183 g/mol. The molecule has 0 saturated carbocycles. The number of methoxy groups -OCH3 is 1. The van der Waals surface area contributed by atoms with Crippen molar-refractivity contribution in [1.82, 2.24) is 4.98 Å². The van der Waals surface area contributed by atoms with Crippen molar-refractivity contribution in [3.63, 3.8) is 0 Å². The molecule has 1 rings (SSSR count). The van der Waals surface area contributed by atoms with E-state index < -0.39 is 12.6 Å². The maximum Gasteiger partial charge on any atom is 0.341 e. The third-order valence-electron chi connectivity index (χ3n) is 1.28. The second kappa shape index (κ2) is 4.30. The second-order valence-electron chi connectivity index (χ2n) is 2.19. The number of carboxylic acid groups (broad SMARTS) is 1. The molecule has 1 aromatic heterocycles. The van der Waals surface area contributed by atoms with E-state index >= 15 is 0 Å². The lowest BCUT2D eigenvalue weighted by Gasteiger charge is -2.06. The van der Waals surface area contributed by atoms with Gasteiger partial charge in [0.15, 0.2) is 12.4 Å². The molecular weight excluding hydrogens is 174 g/mol. The van der Waals surface area contributed by atoms with Crippen LogP contribution in [-0.4, -0.2) is 29.8 Å². The van der Waals surface area contributed by atoms with E-state index in [1.165, 1.54) is 13.3 Å². The number of hydrogen-bond donors (Lipinski definition) is 1. The first-order valence-electron chi connectivity index (χ1n) is 3.57. The Morgan fingerprint density at radius 2 is 2.46 bits per heavy atom. The van der Waals surface area contributed by atoms with Gasteiger partial charge in [0.05, 0.1) is 7.11 Å². The third-order valence-corrected chi connectivity index (χ3v) is 1.28. The molecule has 0 aromatic carbocycles. The highest BCUT2D eigenvalue weighted by atomic mass is 16.5. The maximum atomic E-state index is 10.2. The first-order chi connectivity index (χ1) is 6.24. The van der Waals surface area contributed by atoms with Crippen molar-refractivity contribution in [3.05, 3.63) is 18.3 Å². The highest BCUT2D eigenvalue weighted by Crippen LogP contribution is 2.22. The van der Waals surface area contributed by atoms with E-state index in [2.05, 4.69) is 4.98 Å². The Morgan fingerprint density at radius 3 is 3.08 bits per heavy atom. The molecule has 0 radical (unpaired) electrons. The highest BCUT2D eigenvalue weighted by Gasteiger charge is 2.05. The fourth-order valence-electron chi connectivity index (χ4n) is 0.779. The molecule has 0 aliphatic heterocycles. The zero-order chi connectivity index (χ0) is 9.68. The fraction of sp³-hybridized carbons (Fsp3) is 0.250. The Hall–Kier alpha value is -1.78. The summed E-state index contributed by atoms with van der Waals surface area (Å²) in [7, 11) is 1.44. The van der Waals surface area contributed by atoms with Crippen LogP contribution in [-0.2, 0) is 4.79 Å². The summed E-state index contributed by atoms with van der Waals surface area (Å²) in [4.78, 5) is 14.0. The SMILES string of the molecule is COc1ncccc1OCC(=O)O. The summed E-state index contributed by atoms with van der Waals surface area (Å²) in [5.41, 5.74) is 0. The van der Waals surface area contributed by atoms with Crippen LogP contribution in [0.4, 0.5) is 0 Å². The minimum absolute atomic E-state index is 0.281. The fourth-order valence-corrected chi connectivity index (χ4v) is 0.779. The van der Waals surface area contributed by atoms with Crippen LogP contribution >= 0.6 is 0 Å². The molecule has 0 unspecified atom stereocenters. The summed E-state index contributed by atoms with van der Waals surface area (Å²) in [6, 6.07) is 3.23. The summed E-state index contributed by atoms with van der Waals surface area (Å²) in [5, 5.41) is 8.35. The van der Waals surface area contributed by atoms with Crippen molar-refractivity contribution in [1.29, 1.82) is 0 Å². The average molecular weight is 183 g/mol. The van der Waals surface area contributed by atoms with Crippen LogP contribution in [0.1, 0.15) is 0 Å². The molecule has 1 heterocycles. The van der Waals surface area contributed by atoms with E-state index in [0.717, 1.165) is 0 Å². The first kappa shape index (κ1) is 9.31. The molecule has 70 valence electrons. The highest BCUT2D eigenvalue weighted by molar-refractivity contribution is 5.68. The van der Waals surface area contributed by atoms with Crippen LogP contribution in [0.3, 0.4) is 0 Å². The first-order valence-corrected chi connectivity index (χ1v) is 3.57. The van der Waals surface area contributed by atoms with Gasteiger partial charge in [0, 0.05) is 6.20 Å². The van der Waals surface area contributed by atoms with E-state index in [1.54, 1.807) is 12.1 Å². The number of pyridine rings is 1. The van der Waals surface area contributed by atoms with Crippen LogP contribution in [0.25, 0.3) is 0 Å². The smallest absolute Gasteiger partial charge is 0.341 e. The molecule has 1 aromatic rings. The van der Waals surface area contributed by atoms with Crippen LogP contribution in [0, 0.1) is 0 Å². The summed E-state index contributed by atoms with van der Waals surface area (Å²) < 4.78 is 9.75. The minimum Gasteiger partial charge on any atom is -0.479 e. The molecule has 0 fully saturated rings. The van der Waals surface area contributed by atoms with Crippen molar-refractivity contribution in [2.75, 3.05) is 13.7 Å². The van der Waals surface area contributed by atoms with Crippen LogP contribution < -0.4 is 9.47 Å². The molecular formula is C8H9NO4. The van der Waals surface area contributed by atoms with Gasteiger partial charge in [0.2, 0.25) is 0 Å². The molecule has 0 saturated heterocycles. The lowest BCUT2D eigenvalue weighted by atomic mass is 10.4. The minimum atomic E-state index is -1.04. The van der Waals surface area contributed by atoms with E-state index in [0.29, 0.717) is 5.75 Å². The molecule has 0 aliphatic carbocycles. The molecule has 0 atom stereocenters. The lowest BCUT2D eigenvalue weighted by molar-refractivity contribution is -0.139. The Labute approximate surface area is 74.9 Å². The van der Waals surface area contributed by atoms with Gasteiger partial charge in [-0.3, -0.25) is 0 Å². The zero-order valence-corrected chi connectivity index (χ0v) is 7.06. The number of rotatable bonds is 4. The number of aliphatic carboxylic acids is 1. The summed E-state index contributed by atoms with van der Waals surface area (Å²) in [6.07, 6.45) is 1.53. The topological polar surface area (TPSA) is 68.7 Å². The summed E-state index contributed by atoms with van der Waals surface area (Å²) in [5.74, 6) is -0.429. The predicted molar refractivity (Wildman–Crippen MR) is 43.9 cm³/mol. The van der Waals surface area contributed by atoms with Crippen LogP contribution in [0.5, 0.6) is 11.6 Å². The van der Waals surface area contributed by atoms with Crippen LogP contribution in [0.2, 0.25) is 0 Å². The van der Waals surface area contributed by atoms with Gasteiger partial charge in [-0.1, -0.05) is 0 Å². The summed E-state index contributed by atoms with van der Waals surface area (Å²) >= 11 is 0. The van der Waals surface area contributed by atoms with Gasteiger partial charge >= 0.3 is 5.97 Å². The molecule has 13 heavy (non-hydrogen) atoms. The van der Waals surface area contributed by atoms with Crippen LogP contribution in [0.15, 0.2) is 18.3 Å². The van der Waals surface area contributed by atoms with Crippen molar-refractivity contribution >= 4 is 5.97 Å². The number of nitrogens with zero attached hydrogens (tertiary/aromatic N) is 1. The van der Waals surface area contributed by atoms with Gasteiger partial charge in [-0.15, -0.1) is 0 Å². The van der Waals surface area contributed by atoms with Gasteiger partial charge in [-0.2, -0.15) is 0 Å². The summed E-state index contributed by atoms with van der Waals surface area (Å²) in [6.45, 7) is -0.401. The maximum absolute atomic E-state index is 10.2. The molecule has 1 N–H and O–H groups in total. The zero-order valence-electron chi connectivity index (χ0n) is 7.06. The standard InChI is InChI=1S/C8H9NO4/c1-12-8-6(3-2-4-9-8)13-5-7(10)11/h2-4H,5H2,1H3,(H,10,11). The number of carbonyl (C=O) groups is 1. The number of aromatic nitrogens is 1. The second-order valence-corrected chi connectivity index (χ2v) is 2.19. The number of carboxylic acids is 1. The van der Waals surface area contributed by atoms with Crippen molar-refractivity contribution < 1.29 is 19.4 Å². The Bertz CT molecular complexity index is 300. The Morgan fingerprint density at radius 1 is 1.69 bits per heavy atom. The van der Waals surface area contributed by atoms with E-state index in [4.69, 9.17) is 14.6 Å². The van der Waals surface area contributed by atoms with Gasteiger partial charge in [0.1, 0.15) is 0 Å². The molecule has 0 amide bonds. The largest absolute Gasteiger partial charge is 0.479 e. The van der Waals surface area contributed by atoms with Gasteiger partial charge < -0.3 is 14.6 Å². The molecule has 0 spiro atoms. The van der Waals surface area contributed by atoms with E-state index in [9.17, 15) is 4.79 Å². The van der Waals surface area contributed by atoms with Crippen molar-refractivity contribution in [2.45, 2.75) is 0 Å². The van der Waals surface area contributed by atoms with Crippen molar-refractivity contribution in [3.8, 4) is 11.6 Å². The Balaban J connectivity index is 2.69. The average Bonchev–Trinajstić information content (AvgIpc) is 2.15. The van der Waals surface area contributed by atoms with Gasteiger partial charge in [0.25, 0.3) is 5.88 Å². The van der Waals surface area contributed by atoms with Gasteiger partial charge in [-0.05, 0) is 12.1 Å². The van der Waals surface area contributed by atoms with Gasteiger partial charge in [-0.25, -0.2) is 9.78 Å². The van der Waals surface area contributed by atoms with E-state index in [-0.39, 0.29) is 5.88 Å². The number of hydrogen-bond acceptors (Lipinski definition) is 4. The predicted octanol–water partition coefficient (Wildman–Crippen LogP) is 0.554. The third kappa shape index (κ3) is 2.62. The molecule has 5 nitrogen and oxygen atoms in total.